The topological polar surface area (TPSA) is 76.0 Å². The van der Waals surface area contributed by atoms with Gasteiger partial charge in [0.05, 0.1) is 5.41 Å². The molecule has 0 spiro atoms. The number of hydrogen-bond acceptors (Lipinski definition) is 4. The highest BCUT2D eigenvalue weighted by molar-refractivity contribution is 5.75. The second-order valence-corrected chi connectivity index (χ2v) is 5.07. The number of aliphatic carboxylic acids is 1. The summed E-state index contributed by atoms with van der Waals surface area (Å²) >= 11 is 0. The van der Waals surface area contributed by atoms with Crippen LogP contribution in [0.2, 0.25) is 0 Å². The van der Waals surface area contributed by atoms with Gasteiger partial charge in [-0.25, -0.2) is 0 Å². The van der Waals surface area contributed by atoms with E-state index >= 15 is 0 Å². The Morgan fingerprint density at radius 1 is 1.22 bits per heavy atom. The Morgan fingerprint density at radius 2 is 1.83 bits per heavy atom. The highest BCUT2D eigenvalue weighted by atomic mass is 16.7. The van der Waals surface area contributed by atoms with Crippen molar-refractivity contribution in [1.82, 2.24) is 0 Å². The average Bonchev–Trinajstić information content (AvgIpc) is 2.75. The van der Waals surface area contributed by atoms with Crippen molar-refractivity contribution < 1.29 is 24.5 Å². The molecule has 1 aliphatic heterocycles. The van der Waals surface area contributed by atoms with Crippen molar-refractivity contribution in [1.29, 1.82) is 0 Å². The summed E-state index contributed by atoms with van der Waals surface area (Å²) in [6.07, 6.45) is 0. The minimum Gasteiger partial charge on any atom is -0.481 e. The SMILES string of the molecule is CC(C)(C(=O)O)C(C)(O)c1ccc2c(c1)OCO2. The van der Waals surface area contributed by atoms with E-state index in [1.165, 1.54) is 20.8 Å². The van der Waals surface area contributed by atoms with Crippen molar-refractivity contribution in [2.45, 2.75) is 26.4 Å². The number of hydrogen-bond donors (Lipinski definition) is 2. The van der Waals surface area contributed by atoms with Gasteiger partial charge in [0.1, 0.15) is 5.60 Å². The van der Waals surface area contributed by atoms with Gasteiger partial charge in [0.15, 0.2) is 11.5 Å². The third-order valence-electron chi connectivity index (χ3n) is 3.69. The monoisotopic (exact) mass is 252 g/mol. The molecule has 1 aliphatic rings. The number of benzene rings is 1. The standard InChI is InChI=1S/C13H16O5/c1-12(2,11(14)15)13(3,16)8-4-5-9-10(6-8)18-7-17-9/h4-6,16H,7H2,1-3H3,(H,14,15). The Morgan fingerprint density at radius 3 is 2.44 bits per heavy atom. The van der Waals surface area contributed by atoms with Gasteiger partial charge in [-0.05, 0) is 38.5 Å². The third kappa shape index (κ3) is 1.71. The molecule has 2 rings (SSSR count). The highest BCUT2D eigenvalue weighted by Crippen LogP contribution is 2.43. The van der Waals surface area contributed by atoms with Crippen molar-refractivity contribution in [2.24, 2.45) is 5.41 Å². The van der Waals surface area contributed by atoms with Crippen LogP contribution in [0.25, 0.3) is 0 Å². The van der Waals surface area contributed by atoms with Gasteiger partial charge in [0, 0.05) is 0 Å². The first kappa shape index (κ1) is 12.7. The molecule has 18 heavy (non-hydrogen) atoms. The number of fused-ring (bicyclic) bond motifs is 1. The molecule has 5 nitrogen and oxygen atoms in total. The Bertz CT molecular complexity index is 490. The fourth-order valence-corrected chi connectivity index (χ4v) is 1.77. The molecule has 2 N–H and O–H groups in total. The molecule has 0 fully saturated rings. The Labute approximate surface area is 105 Å². The number of carbonyl (C=O) groups is 1. The predicted molar refractivity (Wildman–Crippen MR) is 63.6 cm³/mol. The third-order valence-corrected chi connectivity index (χ3v) is 3.69. The zero-order valence-corrected chi connectivity index (χ0v) is 10.6. The molecule has 5 heteroatoms. The smallest absolute Gasteiger partial charge is 0.312 e. The van der Waals surface area contributed by atoms with Crippen molar-refractivity contribution in [3.63, 3.8) is 0 Å². The van der Waals surface area contributed by atoms with Crippen LogP contribution in [0.4, 0.5) is 0 Å². The molecule has 0 aromatic heterocycles. The van der Waals surface area contributed by atoms with Gasteiger partial charge in [-0.2, -0.15) is 0 Å². The molecule has 1 unspecified atom stereocenters. The van der Waals surface area contributed by atoms with E-state index < -0.39 is 17.0 Å². The van der Waals surface area contributed by atoms with Crippen LogP contribution in [0, 0.1) is 5.41 Å². The molecule has 1 aromatic rings. The molecule has 0 saturated heterocycles. The van der Waals surface area contributed by atoms with Crippen LogP contribution in [-0.4, -0.2) is 23.0 Å². The van der Waals surface area contributed by atoms with Crippen molar-refractivity contribution in [3.8, 4) is 11.5 Å². The van der Waals surface area contributed by atoms with Crippen LogP contribution >= 0.6 is 0 Å². The molecule has 1 aromatic carbocycles. The number of rotatable bonds is 3. The minimum absolute atomic E-state index is 0.142. The van der Waals surface area contributed by atoms with Crippen molar-refractivity contribution in [2.75, 3.05) is 6.79 Å². The molecule has 98 valence electrons. The van der Waals surface area contributed by atoms with Gasteiger partial charge in [-0.1, -0.05) is 6.07 Å². The summed E-state index contributed by atoms with van der Waals surface area (Å²) in [7, 11) is 0. The normalized spacial score (nSPS) is 17.3. The summed E-state index contributed by atoms with van der Waals surface area (Å²) in [5.41, 5.74) is -2.35. The summed E-state index contributed by atoms with van der Waals surface area (Å²) in [4.78, 5) is 11.3. The van der Waals surface area contributed by atoms with Crippen LogP contribution in [0.5, 0.6) is 11.5 Å². The first-order valence-corrected chi connectivity index (χ1v) is 5.62. The molecular weight excluding hydrogens is 236 g/mol. The molecule has 1 atom stereocenters. The zero-order chi connectivity index (χ0) is 13.6. The molecule has 0 aliphatic carbocycles. The Balaban J connectivity index is 2.44. The van der Waals surface area contributed by atoms with E-state index in [4.69, 9.17) is 9.47 Å². The van der Waals surface area contributed by atoms with Gasteiger partial charge in [0.2, 0.25) is 6.79 Å². The molecule has 0 saturated carbocycles. The largest absolute Gasteiger partial charge is 0.481 e. The number of carboxylic acids is 1. The van der Waals surface area contributed by atoms with E-state index in [-0.39, 0.29) is 6.79 Å². The van der Waals surface area contributed by atoms with E-state index in [2.05, 4.69) is 0 Å². The lowest BCUT2D eigenvalue weighted by atomic mass is 9.72. The molecule has 0 amide bonds. The summed E-state index contributed by atoms with van der Waals surface area (Å²) < 4.78 is 10.4. The second kappa shape index (κ2) is 3.88. The number of ether oxygens (including phenoxy) is 2. The van der Waals surface area contributed by atoms with E-state index in [9.17, 15) is 15.0 Å². The molecular formula is C13H16O5. The lowest BCUT2D eigenvalue weighted by Crippen LogP contribution is -2.44. The maximum atomic E-state index is 11.3. The minimum atomic E-state index is -1.51. The predicted octanol–water partition coefficient (Wildman–Crippen LogP) is 1.73. The fourth-order valence-electron chi connectivity index (χ4n) is 1.77. The van der Waals surface area contributed by atoms with E-state index in [1.807, 2.05) is 0 Å². The maximum absolute atomic E-state index is 11.3. The van der Waals surface area contributed by atoms with Crippen LogP contribution in [-0.2, 0) is 10.4 Å². The van der Waals surface area contributed by atoms with Crippen LogP contribution in [0.1, 0.15) is 26.3 Å². The van der Waals surface area contributed by atoms with Crippen molar-refractivity contribution in [3.05, 3.63) is 23.8 Å². The first-order chi connectivity index (χ1) is 8.26. The molecule has 0 bridgehead atoms. The fraction of sp³-hybridized carbons (Fsp3) is 0.462. The van der Waals surface area contributed by atoms with Gasteiger partial charge < -0.3 is 19.7 Å². The Hall–Kier alpha value is -1.75. The van der Waals surface area contributed by atoms with Crippen LogP contribution in [0.3, 0.4) is 0 Å². The van der Waals surface area contributed by atoms with E-state index in [0.29, 0.717) is 17.1 Å². The molecule has 1 heterocycles. The lowest BCUT2D eigenvalue weighted by molar-refractivity contribution is -0.164. The van der Waals surface area contributed by atoms with Gasteiger partial charge >= 0.3 is 5.97 Å². The van der Waals surface area contributed by atoms with Crippen LogP contribution < -0.4 is 9.47 Å². The van der Waals surface area contributed by atoms with Gasteiger partial charge in [0.25, 0.3) is 0 Å². The zero-order valence-electron chi connectivity index (χ0n) is 10.6. The summed E-state index contributed by atoms with van der Waals surface area (Å²) in [6, 6.07) is 4.94. The van der Waals surface area contributed by atoms with Gasteiger partial charge in [-0.15, -0.1) is 0 Å². The van der Waals surface area contributed by atoms with E-state index in [1.54, 1.807) is 18.2 Å². The van der Waals surface area contributed by atoms with Gasteiger partial charge in [-0.3, -0.25) is 4.79 Å². The Kier molecular flexibility index (Phi) is 2.74. The van der Waals surface area contributed by atoms with Crippen LogP contribution in [0.15, 0.2) is 18.2 Å². The second-order valence-electron chi connectivity index (χ2n) is 5.07. The summed E-state index contributed by atoms with van der Waals surface area (Å²) in [6.45, 7) is 4.60. The number of carboxylic acid groups (broad SMARTS) is 1. The van der Waals surface area contributed by atoms with E-state index in [0.717, 1.165) is 0 Å². The summed E-state index contributed by atoms with van der Waals surface area (Å²) in [5, 5.41) is 19.8. The average molecular weight is 252 g/mol. The highest BCUT2D eigenvalue weighted by Gasteiger charge is 2.47. The quantitative estimate of drug-likeness (QED) is 0.856. The maximum Gasteiger partial charge on any atom is 0.312 e. The molecule has 0 radical (unpaired) electrons. The number of aliphatic hydroxyl groups is 1. The van der Waals surface area contributed by atoms with Crippen molar-refractivity contribution >= 4 is 5.97 Å². The lowest BCUT2D eigenvalue weighted by Gasteiger charge is -2.36. The first-order valence-electron chi connectivity index (χ1n) is 5.62. The summed E-state index contributed by atoms with van der Waals surface area (Å²) in [5.74, 6) is 0.0572.